The minimum Gasteiger partial charge on any atom is -0.481 e. The number of halogens is 1. The first-order chi connectivity index (χ1) is 11.0. The third kappa shape index (κ3) is 3.03. The summed E-state index contributed by atoms with van der Waals surface area (Å²) in [5.74, 6) is -1.00. The van der Waals surface area contributed by atoms with E-state index < -0.39 is 5.97 Å². The van der Waals surface area contributed by atoms with Crippen LogP contribution in [0, 0.1) is 6.92 Å². The fourth-order valence-corrected chi connectivity index (χ4v) is 3.37. The highest BCUT2D eigenvalue weighted by molar-refractivity contribution is 9.10. The van der Waals surface area contributed by atoms with Crippen LogP contribution in [0.15, 0.2) is 33.4 Å². The van der Waals surface area contributed by atoms with E-state index >= 15 is 0 Å². The highest BCUT2D eigenvalue weighted by Crippen LogP contribution is 2.32. The lowest BCUT2D eigenvalue weighted by Crippen LogP contribution is -2.36. The summed E-state index contributed by atoms with van der Waals surface area (Å²) in [6, 6.07) is 5.85. The molecule has 1 amide bonds. The molecule has 0 unspecified atom stereocenters. The van der Waals surface area contributed by atoms with E-state index in [1.54, 1.807) is 11.8 Å². The predicted molar refractivity (Wildman–Crippen MR) is 88.9 cm³/mol. The monoisotopic (exact) mass is 377 g/mol. The summed E-state index contributed by atoms with van der Waals surface area (Å²) < 4.78 is 6.27. The highest BCUT2D eigenvalue weighted by atomic mass is 79.9. The Hall–Kier alpha value is -2.08. The summed E-state index contributed by atoms with van der Waals surface area (Å²) in [6.07, 6.45) is 2.94. The molecule has 0 aliphatic carbocycles. The number of aryl methyl sites for hydroxylation is 2. The van der Waals surface area contributed by atoms with Gasteiger partial charge in [-0.05, 0) is 43.5 Å². The van der Waals surface area contributed by atoms with Crippen LogP contribution in [0.25, 0.3) is 0 Å². The van der Waals surface area contributed by atoms with Crippen molar-refractivity contribution in [3.05, 3.63) is 51.4 Å². The van der Waals surface area contributed by atoms with E-state index in [9.17, 15) is 9.59 Å². The van der Waals surface area contributed by atoms with Gasteiger partial charge in [0.05, 0.1) is 11.8 Å². The number of fused-ring (bicyclic) bond motifs is 1. The second-order valence-corrected chi connectivity index (χ2v) is 6.54. The van der Waals surface area contributed by atoms with Crippen molar-refractivity contribution in [2.24, 2.45) is 0 Å². The fourth-order valence-electron chi connectivity index (χ4n) is 2.96. The van der Waals surface area contributed by atoms with E-state index in [1.807, 2.05) is 18.2 Å². The van der Waals surface area contributed by atoms with Gasteiger partial charge in [-0.2, -0.15) is 0 Å². The van der Waals surface area contributed by atoms with Crippen molar-refractivity contribution in [1.29, 1.82) is 0 Å². The van der Waals surface area contributed by atoms with Gasteiger partial charge in [0, 0.05) is 22.3 Å². The second-order valence-electron chi connectivity index (χ2n) is 5.62. The van der Waals surface area contributed by atoms with Gasteiger partial charge in [-0.25, -0.2) is 0 Å². The van der Waals surface area contributed by atoms with E-state index in [0.29, 0.717) is 17.7 Å². The maximum atomic E-state index is 13.0. The predicted octanol–water partition coefficient (Wildman–Crippen LogP) is 3.57. The second kappa shape index (κ2) is 6.20. The molecule has 6 heteroatoms. The van der Waals surface area contributed by atoms with Crippen molar-refractivity contribution in [3.8, 4) is 0 Å². The van der Waals surface area contributed by atoms with Gasteiger partial charge in [0.2, 0.25) is 0 Å². The summed E-state index contributed by atoms with van der Waals surface area (Å²) in [5, 5.41) is 8.99. The Balaban J connectivity index is 2.00. The van der Waals surface area contributed by atoms with Gasteiger partial charge in [0.15, 0.2) is 0 Å². The Morgan fingerprint density at radius 1 is 1.39 bits per heavy atom. The van der Waals surface area contributed by atoms with Crippen LogP contribution in [-0.2, 0) is 17.6 Å². The fraction of sp³-hybridized carbons (Fsp3) is 0.294. The summed E-state index contributed by atoms with van der Waals surface area (Å²) >= 11 is 3.45. The largest absolute Gasteiger partial charge is 0.481 e. The number of hydrogen-bond acceptors (Lipinski definition) is 3. The summed E-state index contributed by atoms with van der Waals surface area (Å²) in [5.41, 5.74) is 3.02. The molecule has 0 fully saturated rings. The average molecular weight is 378 g/mol. The lowest BCUT2D eigenvalue weighted by atomic mass is 10.00. The Kier molecular flexibility index (Phi) is 4.26. The number of carbonyl (C=O) groups excluding carboxylic acids is 1. The lowest BCUT2D eigenvalue weighted by molar-refractivity contribution is -0.136. The minimum absolute atomic E-state index is 0.198. The van der Waals surface area contributed by atoms with Crippen LogP contribution < -0.4 is 4.90 Å². The molecule has 0 bridgehead atoms. The van der Waals surface area contributed by atoms with Crippen LogP contribution >= 0.6 is 15.9 Å². The number of anilines is 1. The SMILES string of the molecule is Cc1coc(CC(=O)O)c1C(=O)N1CCCc2cc(Br)ccc21. The number of hydrogen-bond donors (Lipinski definition) is 1. The van der Waals surface area contributed by atoms with Gasteiger partial charge in [0.1, 0.15) is 12.2 Å². The van der Waals surface area contributed by atoms with Crippen LogP contribution in [-0.4, -0.2) is 23.5 Å². The van der Waals surface area contributed by atoms with Gasteiger partial charge < -0.3 is 14.4 Å². The quantitative estimate of drug-likeness (QED) is 0.887. The first kappa shape index (κ1) is 15.8. The normalized spacial score (nSPS) is 13.7. The van der Waals surface area contributed by atoms with Gasteiger partial charge in [-0.15, -0.1) is 0 Å². The highest BCUT2D eigenvalue weighted by Gasteiger charge is 2.28. The molecule has 1 aliphatic heterocycles. The smallest absolute Gasteiger partial charge is 0.311 e. The van der Waals surface area contributed by atoms with Crippen molar-refractivity contribution >= 4 is 33.5 Å². The van der Waals surface area contributed by atoms with Crippen LogP contribution in [0.4, 0.5) is 5.69 Å². The number of carboxylic acid groups (broad SMARTS) is 1. The Morgan fingerprint density at radius 2 is 2.17 bits per heavy atom. The minimum atomic E-state index is -1.02. The Bertz CT molecular complexity index is 781. The number of aliphatic carboxylic acids is 1. The molecule has 0 radical (unpaired) electrons. The number of carboxylic acids is 1. The van der Waals surface area contributed by atoms with E-state index in [4.69, 9.17) is 9.52 Å². The molecule has 1 N–H and O–H groups in total. The van der Waals surface area contributed by atoms with Crippen LogP contribution in [0.1, 0.15) is 33.7 Å². The first-order valence-corrected chi connectivity index (χ1v) is 8.15. The number of benzene rings is 1. The van der Waals surface area contributed by atoms with Crippen molar-refractivity contribution in [3.63, 3.8) is 0 Å². The van der Waals surface area contributed by atoms with Gasteiger partial charge in [-0.1, -0.05) is 15.9 Å². The summed E-state index contributed by atoms with van der Waals surface area (Å²) in [6.45, 7) is 2.37. The molecule has 1 aromatic heterocycles. The molecule has 0 spiro atoms. The molecule has 0 saturated heterocycles. The number of carbonyl (C=O) groups is 2. The van der Waals surface area contributed by atoms with Crippen molar-refractivity contribution in [2.45, 2.75) is 26.2 Å². The third-order valence-electron chi connectivity index (χ3n) is 3.98. The number of rotatable bonds is 3. The molecule has 0 saturated carbocycles. The van der Waals surface area contributed by atoms with Crippen LogP contribution in [0.2, 0.25) is 0 Å². The zero-order valence-corrected chi connectivity index (χ0v) is 14.2. The average Bonchev–Trinajstić information content (AvgIpc) is 2.85. The zero-order valence-electron chi connectivity index (χ0n) is 12.6. The lowest BCUT2D eigenvalue weighted by Gasteiger charge is -2.29. The molecule has 1 aromatic carbocycles. The first-order valence-electron chi connectivity index (χ1n) is 7.36. The van der Waals surface area contributed by atoms with E-state index in [0.717, 1.165) is 28.6 Å². The molecular weight excluding hydrogens is 362 g/mol. The van der Waals surface area contributed by atoms with Gasteiger partial charge >= 0.3 is 5.97 Å². The maximum absolute atomic E-state index is 13.0. The molecule has 2 aromatic rings. The Labute approximate surface area is 142 Å². The molecule has 2 heterocycles. The molecule has 120 valence electrons. The number of nitrogens with zero attached hydrogens (tertiary/aromatic N) is 1. The number of amides is 1. The van der Waals surface area contributed by atoms with Crippen LogP contribution in [0.3, 0.4) is 0 Å². The standard InChI is InChI=1S/C17H16BrNO4/c1-10-9-23-14(8-15(20)21)16(10)17(22)19-6-2-3-11-7-12(18)4-5-13(11)19/h4-5,7,9H,2-3,6,8H2,1H3,(H,20,21). The van der Waals surface area contributed by atoms with E-state index in [2.05, 4.69) is 15.9 Å². The van der Waals surface area contributed by atoms with Gasteiger partial charge in [-0.3, -0.25) is 9.59 Å². The molecule has 5 nitrogen and oxygen atoms in total. The molecule has 23 heavy (non-hydrogen) atoms. The zero-order chi connectivity index (χ0) is 16.6. The maximum Gasteiger partial charge on any atom is 0.311 e. The number of furan rings is 1. The van der Waals surface area contributed by atoms with Crippen LogP contribution in [0.5, 0.6) is 0 Å². The molecule has 0 atom stereocenters. The Morgan fingerprint density at radius 3 is 2.91 bits per heavy atom. The topological polar surface area (TPSA) is 70.7 Å². The molecule has 1 aliphatic rings. The molecular formula is C17H16BrNO4. The van der Waals surface area contributed by atoms with E-state index in [1.165, 1.54) is 6.26 Å². The summed E-state index contributed by atoms with van der Waals surface area (Å²) in [4.78, 5) is 25.7. The van der Waals surface area contributed by atoms with Crippen molar-refractivity contribution in [2.75, 3.05) is 11.4 Å². The van der Waals surface area contributed by atoms with E-state index in [-0.39, 0.29) is 18.1 Å². The van der Waals surface area contributed by atoms with Crippen molar-refractivity contribution in [1.82, 2.24) is 0 Å². The third-order valence-corrected chi connectivity index (χ3v) is 4.48. The van der Waals surface area contributed by atoms with Crippen molar-refractivity contribution < 1.29 is 19.1 Å². The summed E-state index contributed by atoms with van der Waals surface area (Å²) in [7, 11) is 0. The van der Waals surface area contributed by atoms with Gasteiger partial charge in [0.25, 0.3) is 5.91 Å². The molecule has 3 rings (SSSR count).